The predicted molar refractivity (Wildman–Crippen MR) is 249 cm³/mol. The first-order valence-corrected chi connectivity index (χ1v) is 26.3. The molecule has 0 saturated carbocycles. The molecule has 0 aromatic carbocycles. The van der Waals surface area contributed by atoms with Crippen LogP contribution in [0.2, 0.25) is 0 Å². The van der Waals surface area contributed by atoms with Crippen LogP contribution in [0.3, 0.4) is 0 Å². The molecular formula is C50H97NO13. The van der Waals surface area contributed by atoms with Crippen LogP contribution >= 0.6 is 0 Å². The standard InChI is InChI=1S/C50H97NO13/c1-3-5-7-9-11-13-14-15-16-17-18-19-20-21-22-23-24-26-27-29-31-33-39(54)38(51-42(55)34-32-30-28-25-12-10-8-6-4-2)37-61-49-47(60)45(58)48(41(36-53)63-49)64-50-46(59)44(57)43(56)40(35-52)62-50/h38-41,43-50,52-54,56-60H,3-37H2,1-2H3,(H,51,55). The van der Waals surface area contributed by atoms with Crippen molar-refractivity contribution in [1.82, 2.24) is 5.32 Å². The minimum atomic E-state index is -1.78. The Balaban J connectivity index is 1.76. The topological polar surface area (TPSA) is 228 Å². The van der Waals surface area contributed by atoms with Gasteiger partial charge in [-0.15, -0.1) is 0 Å². The number of carbonyl (C=O) groups is 1. The molecule has 14 nitrogen and oxygen atoms in total. The lowest BCUT2D eigenvalue weighted by atomic mass is 9.97. The summed E-state index contributed by atoms with van der Waals surface area (Å²) in [6, 6.07) is -0.820. The summed E-state index contributed by atoms with van der Waals surface area (Å²) in [5.41, 5.74) is 0. The zero-order valence-corrected chi connectivity index (χ0v) is 40.3. The van der Waals surface area contributed by atoms with Gasteiger partial charge in [-0.3, -0.25) is 4.79 Å². The Morgan fingerprint density at radius 1 is 0.500 bits per heavy atom. The van der Waals surface area contributed by atoms with Gasteiger partial charge in [0.05, 0.1) is 32.0 Å². The lowest BCUT2D eigenvalue weighted by molar-refractivity contribution is -0.359. The Hall–Kier alpha value is -1.01. The van der Waals surface area contributed by atoms with Crippen molar-refractivity contribution in [2.45, 2.75) is 293 Å². The molecule has 0 aromatic heterocycles. The zero-order valence-electron chi connectivity index (χ0n) is 40.3. The van der Waals surface area contributed by atoms with Crippen LogP contribution in [0.4, 0.5) is 0 Å². The van der Waals surface area contributed by atoms with Gasteiger partial charge in [0.15, 0.2) is 12.6 Å². The number of hydrogen-bond acceptors (Lipinski definition) is 13. The maximum atomic E-state index is 13.1. The van der Waals surface area contributed by atoms with E-state index in [1.165, 1.54) is 141 Å². The molecule has 14 heteroatoms. The molecule has 2 aliphatic rings. The van der Waals surface area contributed by atoms with Gasteiger partial charge in [-0.05, 0) is 12.8 Å². The smallest absolute Gasteiger partial charge is 0.220 e. The van der Waals surface area contributed by atoms with E-state index in [4.69, 9.17) is 18.9 Å². The fraction of sp³-hybridized carbons (Fsp3) is 0.980. The molecule has 2 fully saturated rings. The van der Waals surface area contributed by atoms with E-state index >= 15 is 0 Å². The van der Waals surface area contributed by atoms with Crippen LogP contribution in [0.15, 0.2) is 0 Å². The number of carbonyl (C=O) groups excluding carboxylic acids is 1. The number of rotatable bonds is 41. The second-order valence-electron chi connectivity index (χ2n) is 19.0. The largest absolute Gasteiger partial charge is 0.394 e. The number of aliphatic hydroxyl groups is 8. The summed E-state index contributed by atoms with van der Waals surface area (Å²) < 4.78 is 22.7. The number of aliphatic hydroxyl groups excluding tert-OH is 8. The SMILES string of the molecule is CCCCCCCCCCCCCCCCCCCCCCCC(O)C(COC1OC(CO)C(OC2OC(CO)C(O)C(O)C2O)C(O)C1O)NC(=O)CCCCCCCCCCC. The number of amides is 1. The van der Waals surface area contributed by atoms with Crippen LogP contribution in [0, 0.1) is 0 Å². The average molecular weight is 920 g/mol. The minimum Gasteiger partial charge on any atom is -0.394 e. The molecule has 9 N–H and O–H groups in total. The molecule has 2 heterocycles. The molecule has 12 atom stereocenters. The van der Waals surface area contributed by atoms with Gasteiger partial charge in [-0.25, -0.2) is 0 Å². The fourth-order valence-corrected chi connectivity index (χ4v) is 9.00. The summed E-state index contributed by atoms with van der Waals surface area (Å²) in [5.74, 6) is -0.208. The lowest BCUT2D eigenvalue weighted by Gasteiger charge is -2.46. The van der Waals surface area contributed by atoms with Crippen molar-refractivity contribution in [3.63, 3.8) is 0 Å². The number of nitrogens with one attached hydrogen (secondary N) is 1. The molecule has 0 aromatic rings. The quantitative estimate of drug-likeness (QED) is 0.0282. The normalized spacial score (nSPS) is 27.2. The van der Waals surface area contributed by atoms with Gasteiger partial charge in [-0.2, -0.15) is 0 Å². The Morgan fingerprint density at radius 3 is 1.33 bits per heavy atom. The third kappa shape index (κ3) is 24.8. The maximum absolute atomic E-state index is 13.1. The van der Waals surface area contributed by atoms with Gasteiger partial charge in [0, 0.05) is 6.42 Å². The molecule has 12 unspecified atom stereocenters. The van der Waals surface area contributed by atoms with E-state index in [1.54, 1.807) is 0 Å². The summed E-state index contributed by atoms with van der Waals surface area (Å²) in [7, 11) is 0. The third-order valence-corrected chi connectivity index (χ3v) is 13.3. The summed E-state index contributed by atoms with van der Waals surface area (Å²) in [6.45, 7) is 2.84. The molecule has 2 aliphatic heterocycles. The highest BCUT2D eigenvalue weighted by molar-refractivity contribution is 5.76. The Kier molecular flexibility index (Phi) is 35.0. The van der Waals surface area contributed by atoms with Crippen molar-refractivity contribution in [2.75, 3.05) is 19.8 Å². The highest BCUT2D eigenvalue weighted by Crippen LogP contribution is 2.30. The van der Waals surface area contributed by atoms with E-state index in [1.807, 2.05) is 0 Å². The van der Waals surface area contributed by atoms with Crippen molar-refractivity contribution in [3.05, 3.63) is 0 Å². The fourth-order valence-electron chi connectivity index (χ4n) is 9.00. The second-order valence-corrected chi connectivity index (χ2v) is 19.0. The Morgan fingerprint density at radius 2 is 0.891 bits per heavy atom. The van der Waals surface area contributed by atoms with Crippen molar-refractivity contribution >= 4 is 5.91 Å². The Labute approximate surface area is 387 Å². The van der Waals surface area contributed by atoms with E-state index in [0.29, 0.717) is 12.8 Å². The first-order valence-electron chi connectivity index (χ1n) is 26.3. The van der Waals surface area contributed by atoms with Gasteiger partial charge in [0.25, 0.3) is 0 Å². The average Bonchev–Trinajstić information content (AvgIpc) is 3.29. The van der Waals surface area contributed by atoms with Gasteiger partial charge in [0.1, 0.15) is 48.8 Å². The van der Waals surface area contributed by atoms with Crippen LogP contribution < -0.4 is 5.32 Å². The Bertz CT molecular complexity index is 1090. The van der Waals surface area contributed by atoms with Crippen molar-refractivity contribution in [1.29, 1.82) is 0 Å². The highest BCUT2D eigenvalue weighted by atomic mass is 16.7. The van der Waals surface area contributed by atoms with Crippen LogP contribution in [-0.4, -0.2) is 140 Å². The zero-order chi connectivity index (χ0) is 46.8. The molecule has 0 radical (unpaired) electrons. The summed E-state index contributed by atoms with van der Waals surface area (Å²) in [4.78, 5) is 13.1. The first-order chi connectivity index (χ1) is 31.1. The van der Waals surface area contributed by atoms with Crippen molar-refractivity contribution in [3.8, 4) is 0 Å². The van der Waals surface area contributed by atoms with E-state index in [9.17, 15) is 45.6 Å². The minimum absolute atomic E-state index is 0.208. The summed E-state index contributed by atoms with van der Waals surface area (Å²) in [6.07, 6.45) is 21.2. The van der Waals surface area contributed by atoms with Gasteiger partial charge in [-0.1, -0.05) is 200 Å². The van der Waals surface area contributed by atoms with E-state index in [-0.39, 0.29) is 12.5 Å². The highest BCUT2D eigenvalue weighted by Gasteiger charge is 2.51. The molecule has 64 heavy (non-hydrogen) atoms. The van der Waals surface area contributed by atoms with Crippen molar-refractivity contribution in [2.24, 2.45) is 0 Å². The molecule has 1 amide bonds. The van der Waals surface area contributed by atoms with Crippen molar-refractivity contribution < 1.29 is 64.6 Å². The molecule has 380 valence electrons. The molecule has 0 aliphatic carbocycles. The molecular weight excluding hydrogens is 823 g/mol. The molecule has 0 spiro atoms. The molecule has 2 saturated heterocycles. The van der Waals surface area contributed by atoms with Gasteiger partial charge >= 0.3 is 0 Å². The van der Waals surface area contributed by atoms with Crippen LogP contribution in [0.25, 0.3) is 0 Å². The number of ether oxygens (including phenoxy) is 4. The summed E-state index contributed by atoms with van der Waals surface area (Å²) in [5, 5.41) is 86.8. The van der Waals surface area contributed by atoms with E-state index < -0.39 is 86.8 Å². The van der Waals surface area contributed by atoms with Gasteiger partial charge in [0.2, 0.25) is 5.91 Å². The maximum Gasteiger partial charge on any atom is 0.220 e. The lowest BCUT2D eigenvalue weighted by Crippen LogP contribution is -2.65. The predicted octanol–water partition coefficient (Wildman–Crippen LogP) is 7.00. The van der Waals surface area contributed by atoms with Gasteiger partial charge < -0.3 is 65.1 Å². The monoisotopic (exact) mass is 920 g/mol. The third-order valence-electron chi connectivity index (χ3n) is 13.3. The van der Waals surface area contributed by atoms with E-state index in [0.717, 1.165) is 51.4 Å². The van der Waals surface area contributed by atoms with Crippen LogP contribution in [0.5, 0.6) is 0 Å². The van der Waals surface area contributed by atoms with Crippen LogP contribution in [-0.2, 0) is 23.7 Å². The second kappa shape index (κ2) is 37.9. The summed E-state index contributed by atoms with van der Waals surface area (Å²) >= 11 is 0. The van der Waals surface area contributed by atoms with E-state index in [2.05, 4.69) is 19.2 Å². The number of unbranched alkanes of at least 4 members (excludes halogenated alkanes) is 28. The molecule has 2 rings (SSSR count). The number of hydrogen-bond donors (Lipinski definition) is 9. The first kappa shape index (κ1) is 59.1. The van der Waals surface area contributed by atoms with Crippen LogP contribution in [0.1, 0.15) is 219 Å². The molecule has 0 bridgehead atoms.